The highest BCUT2D eigenvalue weighted by Crippen LogP contribution is 2.33. The van der Waals surface area contributed by atoms with Crippen molar-refractivity contribution in [3.05, 3.63) is 75.1 Å². The van der Waals surface area contributed by atoms with Gasteiger partial charge in [0.05, 0.1) is 15.4 Å². The molecule has 0 aliphatic heterocycles. The molecule has 1 saturated carbocycles. The van der Waals surface area contributed by atoms with Crippen LogP contribution in [0.5, 0.6) is 0 Å². The molecule has 0 bridgehead atoms. The first-order valence-corrected chi connectivity index (χ1v) is 13.2. The molecule has 0 radical (unpaired) electrons. The molecular formula is C28H30Cl2N6O. The predicted octanol–water partition coefficient (Wildman–Crippen LogP) is 6.33. The Hall–Kier alpha value is -3.13. The molecule has 2 aromatic heterocycles. The van der Waals surface area contributed by atoms with Crippen molar-refractivity contribution in [1.82, 2.24) is 19.4 Å². The fraction of sp³-hybridized carbons (Fsp3) is 0.321. The molecule has 1 fully saturated rings. The zero-order valence-corrected chi connectivity index (χ0v) is 22.6. The van der Waals surface area contributed by atoms with Gasteiger partial charge in [-0.15, -0.1) is 0 Å². The molecule has 37 heavy (non-hydrogen) atoms. The van der Waals surface area contributed by atoms with E-state index in [1.54, 1.807) is 35.2 Å². The lowest BCUT2D eigenvalue weighted by Crippen LogP contribution is -2.36. The van der Waals surface area contributed by atoms with E-state index in [-0.39, 0.29) is 5.43 Å². The summed E-state index contributed by atoms with van der Waals surface area (Å²) in [5.74, 6) is 0.411. The van der Waals surface area contributed by atoms with E-state index in [9.17, 15) is 4.79 Å². The van der Waals surface area contributed by atoms with Gasteiger partial charge < -0.3 is 20.1 Å². The van der Waals surface area contributed by atoms with Crippen molar-refractivity contribution < 1.29 is 0 Å². The van der Waals surface area contributed by atoms with E-state index in [0.29, 0.717) is 50.2 Å². The number of benzene rings is 2. The zero-order chi connectivity index (χ0) is 26.1. The molecule has 192 valence electrons. The third-order valence-corrected chi connectivity index (χ3v) is 7.72. The number of aromatic nitrogens is 3. The number of halogens is 2. The van der Waals surface area contributed by atoms with Crippen LogP contribution in [0.25, 0.3) is 22.2 Å². The van der Waals surface area contributed by atoms with Gasteiger partial charge in [-0.3, -0.25) is 4.79 Å². The summed E-state index contributed by atoms with van der Waals surface area (Å²) in [4.78, 5) is 24.6. The fourth-order valence-corrected chi connectivity index (χ4v) is 5.61. The maximum Gasteiger partial charge on any atom is 0.229 e. The first-order chi connectivity index (χ1) is 17.8. The summed E-state index contributed by atoms with van der Waals surface area (Å²) in [5.41, 5.74) is 3.19. The SMILES string of the molecule is CN(C)C1CCC(Nc2ccc(Nc3ncc4c(=O)c(-c5c(Cl)cccc5Cl)cn(C)c4n3)cc2)CC1. The number of aryl methyl sites for hydroxylation is 1. The van der Waals surface area contributed by atoms with E-state index in [1.165, 1.54) is 25.7 Å². The Morgan fingerprint density at radius 3 is 2.27 bits per heavy atom. The number of hydrogen-bond donors (Lipinski definition) is 2. The van der Waals surface area contributed by atoms with Crippen LogP contribution in [0, 0.1) is 0 Å². The van der Waals surface area contributed by atoms with Crippen molar-refractivity contribution in [3.8, 4) is 11.1 Å². The maximum absolute atomic E-state index is 13.3. The second-order valence-electron chi connectivity index (χ2n) is 9.83. The highest BCUT2D eigenvalue weighted by atomic mass is 35.5. The third kappa shape index (κ3) is 5.44. The average molecular weight is 537 g/mol. The van der Waals surface area contributed by atoms with E-state index in [2.05, 4.69) is 51.7 Å². The third-order valence-electron chi connectivity index (χ3n) is 7.09. The van der Waals surface area contributed by atoms with Crippen molar-refractivity contribution in [2.45, 2.75) is 37.8 Å². The molecule has 1 aliphatic carbocycles. The van der Waals surface area contributed by atoms with Gasteiger partial charge >= 0.3 is 0 Å². The van der Waals surface area contributed by atoms with Gasteiger partial charge in [0.1, 0.15) is 5.65 Å². The summed E-state index contributed by atoms with van der Waals surface area (Å²) in [5, 5.41) is 8.14. The summed E-state index contributed by atoms with van der Waals surface area (Å²) in [6.07, 6.45) is 8.05. The lowest BCUT2D eigenvalue weighted by atomic mass is 9.90. The minimum atomic E-state index is -0.218. The van der Waals surface area contributed by atoms with Gasteiger partial charge in [0.2, 0.25) is 11.4 Å². The number of hydrogen-bond acceptors (Lipinski definition) is 6. The minimum Gasteiger partial charge on any atom is -0.382 e. The highest BCUT2D eigenvalue weighted by Gasteiger charge is 2.22. The Morgan fingerprint density at radius 2 is 1.62 bits per heavy atom. The molecule has 7 nitrogen and oxygen atoms in total. The molecule has 2 aromatic carbocycles. The summed E-state index contributed by atoms with van der Waals surface area (Å²) in [6, 6.07) is 14.5. The molecule has 0 atom stereocenters. The normalized spacial score (nSPS) is 17.8. The van der Waals surface area contributed by atoms with Crippen LogP contribution < -0.4 is 16.1 Å². The summed E-state index contributed by atoms with van der Waals surface area (Å²) in [6.45, 7) is 0. The largest absolute Gasteiger partial charge is 0.382 e. The molecule has 0 amide bonds. The smallest absolute Gasteiger partial charge is 0.229 e. The molecule has 5 rings (SSSR count). The van der Waals surface area contributed by atoms with Crippen LogP contribution in [-0.2, 0) is 7.05 Å². The van der Waals surface area contributed by atoms with Crippen LogP contribution in [0.1, 0.15) is 25.7 Å². The summed E-state index contributed by atoms with van der Waals surface area (Å²) >= 11 is 12.7. The molecule has 4 aromatic rings. The molecule has 0 spiro atoms. The second kappa shape index (κ2) is 10.7. The Labute approximate surface area is 226 Å². The zero-order valence-electron chi connectivity index (χ0n) is 21.1. The van der Waals surface area contributed by atoms with Crippen LogP contribution >= 0.6 is 23.2 Å². The van der Waals surface area contributed by atoms with Crippen LogP contribution in [0.4, 0.5) is 17.3 Å². The topological polar surface area (TPSA) is 75.1 Å². The second-order valence-corrected chi connectivity index (χ2v) is 10.6. The molecular weight excluding hydrogens is 507 g/mol. The van der Waals surface area contributed by atoms with E-state index >= 15 is 0 Å². The molecule has 2 heterocycles. The Morgan fingerprint density at radius 1 is 0.973 bits per heavy atom. The Kier molecular flexibility index (Phi) is 7.38. The van der Waals surface area contributed by atoms with Gasteiger partial charge in [0.25, 0.3) is 0 Å². The van der Waals surface area contributed by atoms with Gasteiger partial charge in [0.15, 0.2) is 0 Å². The first-order valence-electron chi connectivity index (χ1n) is 12.4. The van der Waals surface area contributed by atoms with Crippen molar-refractivity contribution in [3.63, 3.8) is 0 Å². The van der Waals surface area contributed by atoms with Gasteiger partial charge in [-0.2, -0.15) is 4.98 Å². The lowest BCUT2D eigenvalue weighted by Gasteiger charge is -2.33. The summed E-state index contributed by atoms with van der Waals surface area (Å²) in [7, 11) is 6.16. The van der Waals surface area contributed by atoms with E-state index in [0.717, 1.165) is 11.4 Å². The Balaban J connectivity index is 1.32. The minimum absolute atomic E-state index is 0.218. The summed E-state index contributed by atoms with van der Waals surface area (Å²) < 4.78 is 1.79. The Bertz CT molecular complexity index is 1460. The molecule has 0 saturated heterocycles. The number of anilines is 3. The monoisotopic (exact) mass is 536 g/mol. The number of fused-ring (bicyclic) bond motifs is 1. The molecule has 2 N–H and O–H groups in total. The van der Waals surface area contributed by atoms with Crippen LogP contribution in [0.2, 0.25) is 10.0 Å². The first kappa shape index (κ1) is 25.5. The van der Waals surface area contributed by atoms with Crippen molar-refractivity contribution >= 4 is 51.6 Å². The maximum atomic E-state index is 13.3. The standard InChI is InChI=1S/C28H30Cl2N6O/c1-35(2)20-13-11-18(12-14-20)32-17-7-9-19(10-8-17)33-28-31-15-21-26(37)22(16-36(3)27(21)34-28)25-23(29)5-4-6-24(25)30/h4-10,15-16,18,20,32H,11-14H2,1-3H3,(H,31,33,34). The van der Waals surface area contributed by atoms with E-state index in [1.807, 2.05) is 19.2 Å². The van der Waals surface area contributed by atoms with Crippen molar-refractivity contribution in [2.75, 3.05) is 24.7 Å². The van der Waals surface area contributed by atoms with E-state index in [4.69, 9.17) is 23.2 Å². The van der Waals surface area contributed by atoms with Crippen molar-refractivity contribution in [1.29, 1.82) is 0 Å². The number of pyridine rings is 1. The number of nitrogens with one attached hydrogen (secondary N) is 2. The number of nitrogens with zero attached hydrogens (tertiary/aromatic N) is 4. The van der Waals surface area contributed by atoms with Gasteiger partial charge in [0, 0.05) is 54.0 Å². The van der Waals surface area contributed by atoms with Gasteiger partial charge in [-0.1, -0.05) is 29.3 Å². The fourth-order valence-electron chi connectivity index (χ4n) is 5.00. The lowest BCUT2D eigenvalue weighted by molar-refractivity contribution is 0.221. The molecule has 1 aliphatic rings. The molecule has 9 heteroatoms. The van der Waals surface area contributed by atoms with Crippen LogP contribution in [0.3, 0.4) is 0 Å². The van der Waals surface area contributed by atoms with Gasteiger partial charge in [-0.05, 0) is 76.2 Å². The van der Waals surface area contributed by atoms with Crippen LogP contribution in [0.15, 0.2) is 59.7 Å². The average Bonchev–Trinajstić information content (AvgIpc) is 2.88. The van der Waals surface area contributed by atoms with E-state index < -0.39 is 0 Å². The highest BCUT2D eigenvalue weighted by molar-refractivity contribution is 6.39. The van der Waals surface area contributed by atoms with Crippen molar-refractivity contribution in [2.24, 2.45) is 7.05 Å². The predicted molar refractivity (Wildman–Crippen MR) is 153 cm³/mol. The molecule has 0 unspecified atom stereocenters. The van der Waals surface area contributed by atoms with Gasteiger partial charge in [-0.25, -0.2) is 4.98 Å². The number of rotatable bonds is 6. The van der Waals surface area contributed by atoms with Crippen LogP contribution in [-0.4, -0.2) is 45.6 Å². The quantitative estimate of drug-likeness (QED) is 0.300.